The van der Waals surface area contributed by atoms with Crippen molar-refractivity contribution in [2.45, 2.75) is 51.2 Å². The van der Waals surface area contributed by atoms with Crippen LogP contribution in [-0.2, 0) is 12.0 Å². The van der Waals surface area contributed by atoms with E-state index in [2.05, 4.69) is 54.2 Å². The number of fused-ring (bicyclic) bond motifs is 1. The Bertz CT molecular complexity index is 490. The molecule has 2 nitrogen and oxygen atoms in total. The summed E-state index contributed by atoms with van der Waals surface area (Å²) in [7, 11) is 0. The van der Waals surface area contributed by atoms with Gasteiger partial charge in [0.1, 0.15) is 11.4 Å². The third kappa shape index (κ3) is 1.97. The molecule has 2 heterocycles. The second-order valence-corrected chi connectivity index (χ2v) is 7.20. The summed E-state index contributed by atoms with van der Waals surface area (Å²) >= 11 is 3.67. The summed E-state index contributed by atoms with van der Waals surface area (Å²) in [6.45, 7) is 7.71. The van der Waals surface area contributed by atoms with Crippen LogP contribution in [0.3, 0.4) is 0 Å². The maximum atomic E-state index is 6.01. The lowest BCUT2D eigenvalue weighted by Gasteiger charge is -2.26. The van der Waals surface area contributed by atoms with Crippen LogP contribution >= 0.6 is 15.9 Å². The molecular weight excluding hydrogens is 290 g/mol. The highest BCUT2D eigenvalue weighted by Gasteiger charge is 2.35. The van der Waals surface area contributed by atoms with E-state index in [1.807, 2.05) is 0 Å². The van der Waals surface area contributed by atoms with Crippen LogP contribution in [0, 0.1) is 0 Å². The summed E-state index contributed by atoms with van der Waals surface area (Å²) in [6.07, 6.45) is 3.46. The number of ether oxygens (including phenoxy) is 1. The molecule has 1 atom stereocenters. The third-order valence-electron chi connectivity index (χ3n) is 4.12. The van der Waals surface area contributed by atoms with Crippen LogP contribution in [0.25, 0.3) is 0 Å². The average molecular weight is 310 g/mol. The van der Waals surface area contributed by atoms with E-state index in [1.165, 1.54) is 24.0 Å². The summed E-state index contributed by atoms with van der Waals surface area (Å²) in [5, 5.41) is 3.63. The molecule has 1 saturated heterocycles. The first-order chi connectivity index (χ1) is 8.40. The van der Waals surface area contributed by atoms with E-state index in [-0.39, 0.29) is 11.1 Å². The van der Waals surface area contributed by atoms with Gasteiger partial charge >= 0.3 is 0 Å². The lowest BCUT2D eigenvalue weighted by Crippen LogP contribution is -2.33. The van der Waals surface area contributed by atoms with Gasteiger partial charge in [0.2, 0.25) is 0 Å². The highest BCUT2D eigenvalue weighted by Crippen LogP contribution is 2.43. The van der Waals surface area contributed by atoms with E-state index in [0.29, 0.717) is 0 Å². The Morgan fingerprint density at radius 2 is 2.06 bits per heavy atom. The molecule has 1 unspecified atom stereocenters. The fourth-order valence-corrected chi connectivity index (χ4v) is 3.71. The first-order valence-corrected chi connectivity index (χ1v) is 7.46. The number of halogens is 1. The highest BCUT2D eigenvalue weighted by molar-refractivity contribution is 9.10. The normalized spacial score (nSPS) is 29.1. The maximum absolute atomic E-state index is 6.01. The smallest absolute Gasteiger partial charge is 0.137 e. The standard InChI is InChI=1S/C15H20BrNO/c1-14(2)9-10-7-11(8-12(16)13(10)18-14)15(3)5-4-6-17-15/h7-8,17H,4-6,9H2,1-3H3. The van der Waals surface area contributed by atoms with Crippen LogP contribution in [-0.4, -0.2) is 12.1 Å². The van der Waals surface area contributed by atoms with Gasteiger partial charge in [0, 0.05) is 12.0 Å². The Balaban J connectivity index is 2.03. The van der Waals surface area contributed by atoms with Crippen molar-refractivity contribution in [3.05, 3.63) is 27.7 Å². The zero-order chi connectivity index (χ0) is 13.0. The maximum Gasteiger partial charge on any atom is 0.137 e. The largest absolute Gasteiger partial charge is 0.486 e. The number of hydrogen-bond acceptors (Lipinski definition) is 2. The van der Waals surface area contributed by atoms with Crippen LogP contribution in [0.5, 0.6) is 5.75 Å². The first-order valence-electron chi connectivity index (χ1n) is 6.67. The number of benzene rings is 1. The van der Waals surface area contributed by atoms with Crippen molar-refractivity contribution in [1.82, 2.24) is 5.32 Å². The van der Waals surface area contributed by atoms with Crippen LogP contribution in [0.1, 0.15) is 44.7 Å². The Morgan fingerprint density at radius 3 is 2.72 bits per heavy atom. The van der Waals surface area contributed by atoms with Gasteiger partial charge in [-0.15, -0.1) is 0 Å². The van der Waals surface area contributed by atoms with Crippen molar-refractivity contribution in [2.24, 2.45) is 0 Å². The Kier molecular flexibility index (Phi) is 2.76. The van der Waals surface area contributed by atoms with Gasteiger partial charge in [-0.1, -0.05) is 6.07 Å². The molecule has 3 rings (SSSR count). The molecule has 98 valence electrons. The molecule has 0 saturated carbocycles. The van der Waals surface area contributed by atoms with Crippen LogP contribution in [0.15, 0.2) is 16.6 Å². The fraction of sp³-hybridized carbons (Fsp3) is 0.600. The number of rotatable bonds is 1. The monoisotopic (exact) mass is 309 g/mol. The van der Waals surface area contributed by atoms with Crippen molar-refractivity contribution < 1.29 is 4.74 Å². The molecule has 1 N–H and O–H groups in total. The van der Waals surface area contributed by atoms with E-state index in [9.17, 15) is 0 Å². The van der Waals surface area contributed by atoms with E-state index < -0.39 is 0 Å². The first kappa shape index (κ1) is 12.5. The van der Waals surface area contributed by atoms with E-state index in [1.54, 1.807) is 0 Å². The van der Waals surface area contributed by atoms with Gasteiger partial charge in [-0.05, 0) is 73.3 Å². The predicted octanol–water partition coefficient (Wildman–Crippen LogP) is 3.76. The summed E-state index contributed by atoms with van der Waals surface area (Å²) < 4.78 is 7.10. The van der Waals surface area contributed by atoms with Gasteiger partial charge in [-0.25, -0.2) is 0 Å². The second-order valence-electron chi connectivity index (χ2n) is 6.35. The van der Waals surface area contributed by atoms with Crippen LogP contribution < -0.4 is 10.1 Å². The van der Waals surface area contributed by atoms with Gasteiger partial charge in [0.25, 0.3) is 0 Å². The van der Waals surface area contributed by atoms with Crippen molar-refractivity contribution in [1.29, 1.82) is 0 Å². The second kappa shape index (κ2) is 3.97. The van der Waals surface area contributed by atoms with Gasteiger partial charge in [0.15, 0.2) is 0 Å². The molecule has 1 aromatic carbocycles. The molecule has 2 aliphatic heterocycles. The van der Waals surface area contributed by atoms with Gasteiger partial charge in [-0.2, -0.15) is 0 Å². The third-order valence-corrected chi connectivity index (χ3v) is 4.71. The van der Waals surface area contributed by atoms with Gasteiger partial charge < -0.3 is 10.1 Å². The van der Waals surface area contributed by atoms with Crippen molar-refractivity contribution in [2.75, 3.05) is 6.54 Å². The Hall–Kier alpha value is -0.540. The minimum absolute atomic E-state index is 0.0759. The number of nitrogens with one attached hydrogen (secondary N) is 1. The van der Waals surface area contributed by atoms with Gasteiger partial charge in [0.05, 0.1) is 4.47 Å². The Labute approximate surface area is 117 Å². The Morgan fingerprint density at radius 1 is 1.28 bits per heavy atom. The van der Waals surface area contributed by atoms with Crippen LogP contribution in [0.2, 0.25) is 0 Å². The number of hydrogen-bond donors (Lipinski definition) is 1. The summed E-state index contributed by atoms with van der Waals surface area (Å²) in [5.41, 5.74) is 2.77. The molecule has 0 amide bonds. The lowest BCUT2D eigenvalue weighted by atomic mass is 9.88. The molecule has 0 spiro atoms. The van der Waals surface area contributed by atoms with E-state index in [4.69, 9.17) is 4.74 Å². The molecule has 2 aliphatic rings. The predicted molar refractivity (Wildman–Crippen MR) is 77.1 cm³/mol. The van der Waals surface area contributed by atoms with E-state index in [0.717, 1.165) is 23.2 Å². The highest BCUT2D eigenvalue weighted by atomic mass is 79.9. The summed E-state index contributed by atoms with van der Waals surface area (Å²) in [4.78, 5) is 0. The zero-order valence-electron chi connectivity index (χ0n) is 11.3. The minimum atomic E-state index is -0.0759. The van der Waals surface area contributed by atoms with Crippen molar-refractivity contribution in [3.8, 4) is 5.75 Å². The average Bonchev–Trinajstić information content (AvgIpc) is 2.82. The molecule has 3 heteroatoms. The van der Waals surface area contributed by atoms with E-state index >= 15 is 0 Å². The minimum Gasteiger partial charge on any atom is -0.486 e. The fourth-order valence-electron chi connectivity index (χ4n) is 3.13. The van der Waals surface area contributed by atoms with Gasteiger partial charge in [-0.3, -0.25) is 0 Å². The molecule has 1 aromatic rings. The topological polar surface area (TPSA) is 21.3 Å². The quantitative estimate of drug-likeness (QED) is 0.853. The SMILES string of the molecule is CC1(C)Cc2cc(C3(C)CCCN3)cc(Br)c2O1. The molecular formula is C15H20BrNO. The molecule has 0 aliphatic carbocycles. The lowest BCUT2D eigenvalue weighted by molar-refractivity contribution is 0.137. The molecule has 1 fully saturated rings. The molecule has 0 radical (unpaired) electrons. The summed E-state index contributed by atoms with van der Waals surface area (Å²) in [5.74, 6) is 1.03. The van der Waals surface area contributed by atoms with Crippen molar-refractivity contribution in [3.63, 3.8) is 0 Å². The molecule has 0 bridgehead atoms. The molecule has 0 aromatic heterocycles. The molecule has 18 heavy (non-hydrogen) atoms. The summed E-state index contributed by atoms with van der Waals surface area (Å²) in [6, 6.07) is 4.55. The van der Waals surface area contributed by atoms with Crippen molar-refractivity contribution >= 4 is 15.9 Å². The van der Waals surface area contributed by atoms with Crippen LogP contribution in [0.4, 0.5) is 0 Å². The zero-order valence-corrected chi connectivity index (χ0v) is 12.9.